The van der Waals surface area contributed by atoms with Crippen molar-refractivity contribution in [2.24, 2.45) is 0 Å². The molecule has 0 heterocycles. The highest BCUT2D eigenvalue weighted by atomic mass is 16.5. The van der Waals surface area contributed by atoms with E-state index in [1.165, 1.54) is 0 Å². The van der Waals surface area contributed by atoms with Gasteiger partial charge >= 0.3 is 0 Å². The van der Waals surface area contributed by atoms with Crippen molar-refractivity contribution in [3.63, 3.8) is 0 Å². The molecule has 2 aromatic carbocycles. The van der Waals surface area contributed by atoms with E-state index >= 15 is 0 Å². The summed E-state index contributed by atoms with van der Waals surface area (Å²) in [5, 5.41) is 9.08. The Morgan fingerprint density at radius 1 is 1.11 bits per heavy atom. The van der Waals surface area contributed by atoms with Crippen molar-refractivity contribution in [1.29, 1.82) is 5.26 Å². The molecular weight excluding hydrogens is 224 g/mol. The quantitative estimate of drug-likeness (QED) is 0.814. The largest absolute Gasteiger partial charge is 0.455 e. The predicted molar refractivity (Wildman–Crippen MR) is 71.6 cm³/mol. The van der Waals surface area contributed by atoms with E-state index < -0.39 is 0 Å². The number of nitrogens with two attached hydrogens (primary N) is 1. The fraction of sp³-hybridized carbons (Fsp3) is 0.133. The molecule has 0 aliphatic heterocycles. The molecule has 0 saturated carbocycles. The van der Waals surface area contributed by atoms with Crippen LogP contribution in [0.3, 0.4) is 0 Å². The maximum absolute atomic E-state index is 9.08. The highest BCUT2D eigenvalue weighted by Gasteiger charge is 2.09. The van der Waals surface area contributed by atoms with E-state index in [9.17, 15) is 0 Å². The summed E-state index contributed by atoms with van der Waals surface area (Å²) in [7, 11) is 0. The molecule has 2 rings (SSSR count). The molecule has 0 aliphatic rings. The van der Waals surface area contributed by atoms with Crippen LogP contribution in [-0.4, -0.2) is 0 Å². The van der Waals surface area contributed by atoms with E-state index in [1.807, 2.05) is 38.1 Å². The number of benzene rings is 2. The first-order valence-electron chi connectivity index (χ1n) is 5.65. The molecule has 2 N–H and O–H groups in total. The highest BCUT2D eigenvalue weighted by molar-refractivity contribution is 5.53. The molecule has 0 saturated heterocycles. The van der Waals surface area contributed by atoms with Gasteiger partial charge in [-0.15, -0.1) is 0 Å². The van der Waals surface area contributed by atoms with Crippen molar-refractivity contribution in [2.45, 2.75) is 13.8 Å². The summed E-state index contributed by atoms with van der Waals surface area (Å²) < 4.78 is 5.84. The van der Waals surface area contributed by atoms with Gasteiger partial charge < -0.3 is 10.5 Å². The lowest BCUT2D eigenvalue weighted by atomic mass is 10.1. The van der Waals surface area contributed by atoms with Crippen LogP contribution < -0.4 is 10.5 Å². The van der Waals surface area contributed by atoms with Crippen molar-refractivity contribution in [1.82, 2.24) is 0 Å². The average Bonchev–Trinajstić information content (AvgIpc) is 2.34. The Bertz CT molecular complexity index is 627. The number of nitrogens with zero attached hydrogens (tertiary/aromatic N) is 1. The number of rotatable bonds is 2. The maximum Gasteiger partial charge on any atom is 0.148 e. The van der Waals surface area contributed by atoms with E-state index in [0.29, 0.717) is 17.0 Å². The van der Waals surface area contributed by atoms with Gasteiger partial charge in [-0.05, 0) is 49.2 Å². The normalized spacial score (nSPS) is 9.83. The molecule has 90 valence electrons. The molecule has 0 radical (unpaired) electrons. The Balaban J connectivity index is 2.43. The van der Waals surface area contributed by atoms with Gasteiger partial charge in [-0.1, -0.05) is 12.1 Å². The number of hydrogen-bond acceptors (Lipinski definition) is 3. The van der Waals surface area contributed by atoms with Gasteiger partial charge in [0.05, 0.1) is 5.56 Å². The minimum atomic E-state index is 0.534. The first-order valence-corrected chi connectivity index (χ1v) is 5.65. The van der Waals surface area contributed by atoms with Crippen molar-refractivity contribution in [2.75, 3.05) is 5.73 Å². The number of ether oxygens (including phenoxy) is 1. The van der Waals surface area contributed by atoms with E-state index in [-0.39, 0.29) is 0 Å². The smallest absolute Gasteiger partial charge is 0.148 e. The minimum absolute atomic E-state index is 0.534. The molecule has 0 bridgehead atoms. The van der Waals surface area contributed by atoms with Gasteiger partial charge in [-0.2, -0.15) is 5.26 Å². The molecule has 0 aromatic heterocycles. The zero-order valence-corrected chi connectivity index (χ0v) is 10.4. The lowest BCUT2D eigenvalue weighted by Gasteiger charge is -2.12. The number of para-hydroxylation sites is 1. The standard InChI is InChI=1S/C15H14N2O/c1-10-4-3-5-12(9-16)15(10)18-14-7-6-13(17)8-11(14)2/h3-8H,17H2,1-2H3. The molecule has 0 atom stereocenters. The van der Waals surface area contributed by atoms with Gasteiger partial charge in [0.2, 0.25) is 0 Å². The fourth-order valence-corrected chi connectivity index (χ4v) is 1.77. The maximum atomic E-state index is 9.08. The SMILES string of the molecule is Cc1cc(N)ccc1Oc1c(C)cccc1C#N. The Labute approximate surface area is 106 Å². The van der Waals surface area contributed by atoms with Gasteiger partial charge in [0.25, 0.3) is 0 Å². The summed E-state index contributed by atoms with van der Waals surface area (Å²) in [6, 6.07) is 13.1. The lowest BCUT2D eigenvalue weighted by molar-refractivity contribution is 0.474. The number of nitriles is 1. The number of anilines is 1. The monoisotopic (exact) mass is 238 g/mol. The molecule has 0 unspecified atom stereocenters. The fourth-order valence-electron chi connectivity index (χ4n) is 1.77. The van der Waals surface area contributed by atoms with E-state index in [1.54, 1.807) is 12.1 Å². The van der Waals surface area contributed by atoms with Crippen LogP contribution >= 0.6 is 0 Å². The lowest BCUT2D eigenvalue weighted by Crippen LogP contribution is -1.94. The molecule has 0 amide bonds. The number of aryl methyl sites for hydroxylation is 2. The zero-order valence-electron chi connectivity index (χ0n) is 10.4. The predicted octanol–water partition coefficient (Wildman–Crippen LogP) is 3.55. The van der Waals surface area contributed by atoms with Gasteiger partial charge in [-0.3, -0.25) is 0 Å². The first-order chi connectivity index (χ1) is 8.61. The zero-order chi connectivity index (χ0) is 13.1. The minimum Gasteiger partial charge on any atom is -0.455 e. The number of nitrogen functional groups attached to an aromatic ring is 1. The number of hydrogen-bond donors (Lipinski definition) is 1. The topological polar surface area (TPSA) is 59.0 Å². The van der Waals surface area contributed by atoms with Crippen LogP contribution in [0.4, 0.5) is 5.69 Å². The second kappa shape index (κ2) is 4.80. The second-order valence-electron chi connectivity index (χ2n) is 4.19. The van der Waals surface area contributed by atoms with Gasteiger partial charge in [0.15, 0.2) is 0 Å². The first kappa shape index (κ1) is 12.0. The van der Waals surface area contributed by atoms with Crippen LogP contribution in [0.1, 0.15) is 16.7 Å². The Kier molecular flexibility index (Phi) is 3.20. The summed E-state index contributed by atoms with van der Waals surface area (Å²) in [6.45, 7) is 3.85. The Morgan fingerprint density at radius 3 is 2.56 bits per heavy atom. The van der Waals surface area contributed by atoms with Gasteiger partial charge in [-0.25, -0.2) is 0 Å². The highest BCUT2D eigenvalue weighted by Crippen LogP contribution is 2.31. The van der Waals surface area contributed by atoms with E-state index in [0.717, 1.165) is 16.9 Å². The van der Waals surface area contributed by atoms with E-state index in [4.69, 9.17) is 15.7 Å². The van der Waals surface area contributed by atoms with Crippen molar-refractivity contribution < 1.29 is 4.74 Å². The molecule has 0 aliphatic carbocycles. The average molecular weight is 238 g/mol. The third kappa shape index (κ3) is 2.28. The van der Waals surface area contributed by atoms with Gasteiger partial charge in [0.1, 0.15) is 17.6 Å². The molecular formula is C15H14N2O. The van der Waals surface area contributed by atoms with Crippen LogP contribution in [0.5, 0.6) is 11.5 Å². The summed E-state index contributed by atoms with van der Waals surface area (Å²) in [5.41, 5.74) is 8.81. The third-order valence-corrected chi connectivity index (χ3v) is 2.74. The Morgan fingerprint density at radius 2 is 1.89 bits per heavy atom. The van der Waals surface area contributed by atoms with Crippen LogP contribution in [0.2, 0.25) is 0 Å². The van der Waals surface area contributed by atoms with Crippen molar-refractivity contribution in [3.05, 3.63) is 53.1 Å². The molecule has 0 spiro atoms. The molecule has 0 fully saturated rings. The summed E-state index contributed by atoms with van der Waals surface area (Å²) in [6.07, 6.45) is 0. The van der Waals surface area contributed by atoms with Crippen LogP contribution in [-0.2, 0) is 0 Å². The van der Waals surface area contributed by atoms with Crippen molar-refractivity contribution >= 4 is 5.69 Å². The van der Waals surface area contributed by atoms with Crippen molar-refractivity contribution in [3.8, 4) is 17.6 Å². The van der Waals surface area contributed by atoms with Crippen LogP contribution in [0.25, 0.3) is 0 Å². The molecule has 3 heteroatoms. The van der Waals surface area contributed by atoms with E-state index in [2.05, 4.69) is 6.07 Å². The van der Waals surface area contributed by atoms with Crippen LogP contribution in [0.15, 0.2) is 36.4 Å². The summed E-state index contributed by atoms with van der Waals surface area (Å²) >= 11 is 0. The molecule has 3 nitrogen and oxygen atoms in total. The van der Waals surface area contributed by atoms with Gasteiger partial charge in [0, 0.05) is 5.69 Å². The molecule has 18 heavy (non-hydrogen) atoms. The summed E-state index contributed by atoms with van der Waals surface area (Å²) in [5.74, 6) is 1.32. The Hall–Kier alpha value is -2.47. The van der Waals surface area contributed by atoms with Crippen LogP contribution in [0, 0.1) is 25.2 Å². The second-order valence-corrected chi connectivity index (χ2v) is 4.19. The molecule has 2 aromatic rings. The third-order valence-electron chi connectivity index (χ3n) is 2.74. The summed E-state index contributed by atoms with van der Waals surface area (Å²) in [4.78, 5) is 0.